The zero-order valence-electron chi connectivity index (χ0n) is 10.4. The standard InChI is InChI=1S/C12H12F2N2O3S/c13-7-4-9(11(14)10(5-7)16(18)19)12(17)15-6-8-2-1-3-20-8/h4-5,8H,1-3,6H2,(H,15,17). The van der Waals surface area contributed by atoms with E-state index in [1.807, 2.05) is 0 Å². The lowest BCUT2D eigenvalue weighted by atomic mass is 10.1. The van der Waals surface area contributed by atoms with Gasteiger partial charge in [0.1, 0.15) is 5.82 Å². The van der Waals surface area contributed by atoms with Crippen LogP contribution in [0.15, 0.2) is 12.1 Å². The second kappa shape index (κ2) is 6.17. The highest BCUT2D eigenvalue weighted by molar-refractivity contribution is 8.00. The summed E-state index contributed by atoms with van der Waals surface area (Å²) in [4.78, 5) is 21.3. The molecular formula is C12H12F2N2O3S. The van der Waals surface area contributed by atoms with Gasteiger partial charge in [0.15, 0.2) is 0 Å². The average molecular weight is 302 g/mol. The number of hydrogen-bond acceptors (Lipinski definition) is 4. The van der Waals surface area contributed by atoms with Gasteiger partial charge < -0.3 is 5.32 Å². The second-order valence-corrected chi connectivity index (χ2v) is 5.80. The number of rotatable bonds is 4. The Morgan fingerprint density at radius 2 is 2.25 bits per heavy atom. The molecule has 1 unspecified atom stereocenters. The van der Waals surface area contributed by atoms with Crippen LogP contribution in [-0.4, -0.2) is 28.4 Å². The van der Waals surface area contributed by atoms with E-state index in [1.54, 1.807) is 11.8 Å². The third kappa shape index (κ3) is 3.24. The second-order valence-electron chi connectivity index (χ2n) is 4.39. The number of nitro groups is 1. The van der Waals surface area contributed by atoms with Crippen molar-refractivity contribution in [3.8, 4) is 0 Å². The summed E-state index contributed by atoms with van der Waals surface area (Å²) in [5.41, 5.74) is -1.68. The SMILES string of the molecule is O=C(NCC1CCCS1)c1cc(F)cc([N+](=O)[O-])c1F. The Labute approximate surface area is 117 Å². The monoisotopic (exact) mass is 302 g/mol. The Morgan fingerprint density at radius 1 is 1.50 bits per heavy atom. The van der Waals surface area contributed by atoms with Crippen molar-refractivity contribution in [1.29, 1.82) is 0 Å². The Hall–Kier alpha value is -1.70. The fourth-order valence-corrected chi connectivity index (χ4v) is 3.18. The number of halogens is 2. The van der Waals surface area contributed by atoms with E-state index in [0.717, 1.165) is 18.6 Å². The zero-order chi connectivity index (χ0) is 14.7. The van der Waals surface area contributed by atoms with Crippen LogP contribution in [0, 0.1) is 21.7 Å². The van der Waals surface area contributed by atoms with Gasteiger partial charge in [0, 0.05) is 11.8 Å². The predicted octanol–water partition coefficient (Wildman–Crippen LogP) is 2.50. The highest BCUT2D eigenvalue weighted by Crippen LogP contribution is 2.26. The summed E-state index contributed by atoms with van der Waals surface area (Å²) in [6, 6.07) is 1.12. The van der Waals surface area contributed by atoms with Crippen LogP contribution in [0.1, 0.15) is 23.2 Å². The summed E-state index contributed by atoms with van der Waals surface area (Å²) in [7, 11) is 0. The van der Waals surface area contributed by atoms with Gasteiger partial charge in [0.2, 0.25) is 5.82 Å². The molecule has 1 aromatic carbocycles. The molecule has 0 bridgehead atoms. The largest absolute Gasteiger partial charge is 0.351 e. The van der Waals surface area contributed by atoms with Gasteiger partial charge in [0.25, 0.3) is 5.91 Å². The third-order valence-electron chi connectivity index (χ3n) is 2.97. The molecule has 1 aliphatic rings. The molecule has 0 aromatic heterocycles. The molecule has 1 saturated heterocycles. The van der Waals surface area contributed by atoms with Crippen molar-refractivity contribution in [3.05, 3.63) is 39.4 Å². The van der Waals surface area contributed by atoms with E-state index in [0.29, 0.717) is 18.7 Å². The van der Waals surface area contributed by atoms with Gasteiger partial charge in [0.05, 0.1) is 16.6 Å². The zero-order valence-corrected chi connectivity index (χ0v) is 11.2. The number of carbonyl (C=O) groups excluding carboxylic acids is 1. The first kappa shape index (κ1) is 14.7. The van der Waals surface area contributed by atoms with E-state index in [4.69, 9.17) is 0 Å². The summed E-state index contributed by atoms with van der Waals surface area (Å²) >= 11 is 1.70. The van der Waals surface area contributed by atoms with Crippen LogP contribution < -0.4 is 5.32 Å². The molecule has 1 heterocycles. The fraction of sp³-hybridized carbons (Fsp3) is 0.417. The van der Waals surface area contributed by atoms with Crippen molar-refractivity contribution in [2.75, 3.05) is 12.3 Å². The van der Waals surface area contributed by atoms with Crippen LogP contribution in [0.2, 0.25) is 0 Å². The molecule has 0 radical (unpaired) electrons. The lowest BCUT2D eigenvalue weighted by Crippen LogP contribution is -2.30. The lowest BCUT2D eigenvalue weighted by Gasteiger charge is -2.10. The van der Waals surface area contributed by atoms with Crippen LogP contribution in [0.3, 0.4) is 0 Å². The number of amides is 1. The molecule has 1 aliphatic heterocycles. The van der Waals surface area contributed by atoms with Crippen molar-refractivity contribution in [1.82, 2.24) is 5.32 Å². The normalized spacial score (nSPS) is 18.0. The molecule has 1 aromatic rings. The van der Waals surface area contributed by atoms with E-state index in [2.05, 4.69) is 5.32 Å². The summed E-state index contributed by atoms with van der Waals surface area (Å²) in [6.45, 7) is 0.341. The van der Waals surface area contributed by atoms with Gasteiger partial charge in [-0.3, -0.25) is 14.9 Å². The molecule has 2 rings (SSSR count). The highest BCUT2D eigenvalue weighted by atomic mass is 32.2. The van der Waals surface area contributed by atoms with Gasteiger partial charge >= 0.3 is 5.69 Å². The van der Waals surface area contributed by atoms with Crippen molar-refractivity contribution in [2.45, 2.75) is 18.1 Å². The lowest BCUT2D eigenvalue weighted by molar-refractivity contribution is -0.387. The van der Waals surface area contributed by atoms with E-state index < -0.39 is 33.7 Å². The number of nitrogens with zero attached hydrogens (tertiary/aromatic N) is 1. The first-order valence-corrected chi connectivity index (χ1v) is 7.07. The van der Waals surface area contributed by atoms with Crippen LogP contribution in [0.25, 0.3) is 0 Å². The minimum Gasteiger partial charge on any atom is -0.351 e. The van der Waals surface area contributed by atoms with Crippen LogP contribution in [-0.2, 0) is 0 Å². The van der Waals surface area contributed by atoms with Gasteiger partial charge in [-0.05, 0) is 24.7 Å². The van der Waals surface area contributed by atoms with E-state index in [1.165, 1.54) is 0 Å². The minimum atomic E-state index is -1.31. The van der Waals surface area contributed by atoms with E-state index in [-0.39, 0.29) is 5.25 Å². The average Bonchev–Trinajstić information content (AvgIpc) is 2.91. The fourth-order valence-electron chi connectivity index (χ4n) is 1.98. The molecule has 1 N–H and O–H groups in total. The molecule has 1 atom stereocenters. The number of nitrogens with one attached hydrogen (secondary N) is 1. The van der Waals surface area contributed by atoms with Gasteiger partial charge in [-0.15, -0.1) is 0 Å². The Kier molecular flexibility index (Phi) is 4.53. The highest BCUT2D eigenvalue weighted by Gasteiger charge is 2.25. The van der Waals surface area contributed by atoms with Crippen molar-refractivity contribution in [2.24, 2.45) is 0 Å². The van der Waals surface area contributed by atoms with Crippen LogP contribution in [0.5, 0.6) is 0 Å². The summed E-state index contributed by atoms with van der Waals surface area (Å²) in [5.74, 6) is -2.15. The molecule has 8 heteroatoms. The molecule has 20 heavy (non-hydrogen) atoms. The predicted molar refractivity (Wildman–Crippen MR) is 70.8 cm³/mol. The first-order valence-electron chi connectivity index (χ1n) is 6.02. The number of benzene rings is 1. The summed E-state index contributed by atoms with van der Waals surface area (Å²) < 4.78 is 27.0. The first-order chi connectivity index (χ1) is 9.49. The van der Waals surface area contributed by atoms with Crippen LogP contribution >= 0.6 is 11.8 Å². The number of carbonyl (C=O) groups is 1. The molecule has 5 nitrogen and oxygen atoms in total. The smallest absolute Gasteiger partial charge is 0.308 e. The maximum atomic E-state index is 13.8. The van der Waals surface area contributed by atoms with Crippen molar-refractivity contribution >= 4 is 23.4 Å². The third-order valence-corrected chi connectivity index (χ3v) is 4.37. The molecule has 0 saturated carbocycles. The van der Waals surface area contributed by atoms with Crippen molar-refractivity contribution < 1.29 is 18.5 Å². The van der Waals surface area contributed by atoms with Crippen LogP contribution in [0.4, 0.5) is 14.5 Å². The molecule has 1 amide bonds. The summed E-state index contributed by atoms with van der Waals surface area (Å²) in [6.07, 6.45) is 2.02. The Morgan fingerprint density at radius 3 is 2.85 bits per heavy atom. The maximum Gasteiger partial charge on any atom is 0.308 e. The van der Waals surface area contributed by atoms with E-state index in [9.17, 15) is 23.7 Å². The molecule has 108 valence electrons. The molecule has 0 spiro atoms. The number of thioether (sulfide) groups is 1. The Balaban J connectivity index is 2.14. The van der Waals surface area contributed by atoms with E-state index >= 15 is 0 Å². The summed E-state index contributed by atoms with van der Waals surface area (Å²) in [5, 5.41) is 13.3. The molecule has 1 fully saturated rings. The topological polar surface area (TPSA) is 72.2 Å². The molecule has 0 aliphatic carbocycles. The van der Waals surface area contributed by atoms with Gasteiger partial charge in [-0.2, -0.15) is 16.2 Å². The quantitative estimate of drug-likeness (QED) is 0.685. The van der Waals surface area contributed by atoms with Gasteiger partial charge in [-0.25, -0.2) is 4.39 Å². The number of hydrogen-bond donors (Lipinski definition) is 1. The Bertz CT molecular complexity index is 548. The maximum absolute atomic E-state index is 13.8. The minimum absolute atomic E-state index is 0.255. The van der Waals surface area contributed by atoms with Gasteiger partial charge in [-0.1, -0.05) is 0 Å². The van der Waals surface area contributed by atoms with Crippen molar-refractivity contribution in [3.63, 3.8) is 0 Å². The molecular weight excluding hydrogens is 290 g/mol. The number of nitro benzene ring substituents is 1.